The molecule has 0 spiro atoms. The van der Waals surface area contributed by atoms with Crippen LogP contribution in [0.2, 0.25) is 0 Å². The number of ether oxygens (including phenoxy) is 1. The van der Waals surface area contributed by atoms with Crippen molar-refractivity contribution in [3.05, 3.63) is 33.4 Å². The van der Waals surface area contributed by atoms with Crippen LogP contribution in [0.5, 0.6) is 0 Å². The van der Waals surface area contributed by atoms with Crippen LogP contribution in [0, 0.1) is 3.57 Å². The van der Waals surface area contributed by atoms with E-state index in [9.17, 15) is 5.11 Å². The molecule has 1 atom stereocenters. The molecule has 0 saturated carbocycles. The zero-order valence-electron chi connectivity index (χ0n) is 10.4. The molecule has 0 amide bonds. The van der Waals surface area contributed by atoms with Crippen LogP contribution >= 0.6 is 22.6 Å². The van der Waals surface area contributed by atoms with Gasteiger partial charge in [-0.3, -0.25) is 0 Å². The lowest BCUT2D eigenvalue weighted by atomic mass is 9.96. The lowest BCUT2D eigenvalue weighted by Crippen LogP contribution is -2.40. The maximum atomic E-state index is 10.2. The predicted molar refractivity (Wildman–Crippen MR) is 78.2 cm³/mol. The van der Waals surface area contributed by atoms with Crippen LogP contribution < -0.4 is 5.32 Å². The van der Waals surface area contributed by atoms with Crippen molar-refractivity contribution in [2.24, 2.45) is 0 Å². The van der Waals surface area contributed by atoms with E-state index in [0.29, 0.717) is 19.6 Å². The van der Waals surface area contributed by atoms with Gasteiger partial charge in [-0.05, 0) is 47.2 Å². The first-order valence-corrected chi connectivity index (χ1v) is 6.78. The van der Waals surface area contributed by atoms with E-state index in [0.717, 1.165) is 12.1 Å². The highest BCUT2D eigenvalue weighted by Gasteiger charge is 2.20. The lowest BCUT2D eigenvalue weighted by molar-refractivity contribution is 0.0581. The molecule has 0 aliphatic rings. The molecule has 0 saturated heterocycles. The molecule has 0 aliphatic carbocycles. The summed E-state index contributed by atoms with van der Waals surface area (Å²) >= 11 is 2.28. The molecule has 1 aromatic carbocycles. The lowest BCUT2D eigenvalue weighted by Gasteiger charge is -2.24. The number of methoxy groups -OCH3 is 1. The van der Waals surface area contributed by atoms with E-state index in [-0.39, 0.29) is 0 Å². The van der Waals surface area contributed by atoms with Crippen LogP contribution in [-0.2, 0) is 11.2 Å². The first-order valence-electron chi connectivity index (χ1n) is 5.70. The summed E-state index contributed by atoms with van der Waals surface area (Å²) in [4.78, 5) is 0. The van der Waals surface area contributed by atoms with Gasteiger partial charge in [0.25, 0.3) is 0 Å². The Hall–Kier alpha value is -0.170. The zero-order chi connectivity index (χ0) is 12.7. The first kappa shape index (κ1) is 14.9. The van der Waals surface area contributed by atoms with Gasteiger partial charge in [0.2, 0.25) is 0 Å². The van der Waals surface area contributed by atoms with Crippen LogP contribution in [0.15, 0.2) is 24.3 Å². The maximum Gasteiger partial charge on any atom is 0.0783 e. The third kappa shape index (κ3) is 6.35. The molecule has 17 heavy (non-hydrogen) atoms. The summed E-state index contributed by atoms with van der Waals surface area (Å²) in [5.41, 5.74) is 0.435. The Morgan fingerprint density at radius 1 is 1.35 bits per heavy atom. The predicted octanol–water partition coefficient (Wildman–Crippen LogP) is 1.82. The number of rotatable bonds is 7. The number of nitrogens with one attached hydrogen (secondary N) is 1. The van der Waals surface area contributed by atoms with Gasteiger partial charge in [0.05, 0.1) is 12.2 Å². The van der Waals surface area contributed by atoms with Gasteiger partial charge >= 0.3 is 0 Å². The van der Waals surface area contributed by atoms with Crippen LogP contribution in [0.3, 0.4) is 0 Å². The highest BCUT2D eigenvalue weighted by atomic mass is 127. The summed E-state index contributed by atoms with van der Waals surface area (Å²) in [6.07, 6.45) is 0.657. The summed E-state index contributed by atoms with van der Waals surface area (Å²) < 4.78 is 6.16. The number of benzene rings is 1. The summed E-state index contributed by atoms with van der Waals surface area (Å²) in [5.74, 6) is 0. The minimum Gasteiger partial charge on any atom is -0.389 e. The van der Waals surface area contributed by atoms with E-state index in [1.165, 1.54) is 3.57 Å². The smallest absolute Gasteiger partial charge is 0.0783 e. The molecule has 0 radical (unpaired) electrons. The average molecular weight is 349 g/mol. The number of halogens is 1. The molecular weight excluding hydrogens is 329 g/mol. The third-order valence-electron chi connectivity index (χ3n) is 2.49. The topological polar surface area (TPSA) is 41.5 Å². The molecule has 0 heterocycles. The zero-order valence-corrected chi connectivity index (χ0v) is 12.5. The largest absolute Gasteiger partial charge is 0.389 e. The Bertz CT molecular complexity index is 325. The second-order valence-electron chi connectivity index (χ2n) is 4.47. The molecule has 96 valence electrons. The van der Waals surface area contributed by atoms with Crippen molar-refractivity contribution in [2.75, 3.05) is 26.8 Å². The van der Waals surface area contributed by atoms with Crippen molar-refractivity contribution < 1.29 is 9.84 Å². The van der Waals surface area contributed by atoms with Gasteiger partial charge < -0.3 is 15.2 Å². The van der Waals surface area contributed by atoms with Crippen molar-refractivity contribution in [1.82, 2.24) is 5.32 Å². The molecule has 1 rings (SSSR count). The summed E-state index contributed by atoms with van der Waals surface area (Å²) in [7, 11) is 1.67. The maximum absolute atomic E-state index is 10.2. The van der Waals surface area contributed by atoms with Gasteiger partial charge in [0, 0.05) is 30.2 Å². The van der Waals surface area contributed by atoms with E-state index in [1.54, 1.807) is 7.11 Å². The van der Waals surface area contributed by atoms with Gasteiger partial charge in [-0.2, -0.15) is 0 Å². The van der Waals surface area contributed by atoms with Crippen molar-refractivity contribution in [3.63, 3.8) is 0 Å². The third-order valence-corrected chi connectivity index (χ3v) is 3.21. The molecular formula is C13H20INO2. The summed E-state index contributed by atoms with van der Waals surface area (Å²) in [6.45, 7) is 3.85. The van der Waals surface area contributed by atoms with Gasteiger partial charge in [-0.25, -0.2) is 0 Å². The van der Waals surface area contributed by atoms with Gasteiger partial charge in [-0.15, -0.1) is 0 Å². The summed E-state index contributed by atoms with van der Waals surface area (Å²) in [6, 6.07) is 8.24. The molecule has 1 aromatic rings. The quantitative estimate of drug-likeness (QED) is 0.583. The molecule has 0 bridgehead atoms. The van der Waals surface area contributed by atoms with Crippen molar-refractivity contribution in [2.45, 2.75) is 18.9 Å². The Morgan fingerprint density at radius 3 is 2.59 bits per heavy atom. The highest BCUT2D eigenvalue weighted by Crippen LogP contribution is 2.14. The normalized spacial score (nSPS) is 14.6. The number of hydrogen-bond donors (Lipinski definition) is 2. The van der Waals surface area contributed by atoms with Gasteiger partial charge in [0.15, 0.2) is 0 Å². The molecule has 3 nitrogen and oxygen atoms in total. The molecule has 0 fully saturated rings. The fraction of sp³-hybridized carbons (Fsp3) is 0.538. The highest BCUT2D eigenvalue weighted by molar-refractivity contribution is 14.1. The van der Waals surface area contributed by atoms with E-state index < -0.39 is 5.60 Å². The Balaban J connectivity index is 2.40. The van der Waals surface area contributed by atoms with E-state index >= 15 is 0 Å². The molecule has 1 unspecified atom stereocenters. The van der Waals surface area contributed by atoms with E-state index in [1.807, 2.05) is 6.92 Å². The monoisotopic (exact) mass is 349 g/mol. The molecule has 0 aromatic heterocycles. The Labute approximate surface area is 117 Å². The fourth-order valence-corrected chi connectivity index (χ4v) is 2.00. The SMILES string of the molecule is COCCNCC(C)(O)Cc1ccc(I)cc1. The van der Waals surface area contributed by atoms with E-state index in [2.05, 4.69) is 52.2 Å². The van der Waals surface area contributed by atoms with Crippen molar-refractivity contribution in [1.29, 1.82) is 0 Å². The summed E-state index contributed by atoms with van der Waals surface area (Å²) in [5, 5.41) is 13.4. The van der Waals surface area contributed by atoms with Crippen LogP contribution in [0.1, 0.15) is 12.5 Å². The van der Waals surface area contributed by atoms with E-state index in [4.69, 9.17) is 4.74 Å². The second-order valence-corrected chi connectivity index (χ2v) is 5.72. The molecule has 2 N–H and O–H groups in total. The van der Waals surface area contributed by atoms with Crippen molar-refractivity contribution in [3.8, 4) is 0 Å². The Kier molecular flexibility index (Phi) is 6.40. The average Bonchev–Trinajstić information content (AvgIpc) is 2.27. The van der Waals surface area contributed by atoms with Gasteiger partial charge in [0.1, 0.15) is 0 Å². The van der Waals surface area contributed by atoms with Crippen LogP contribution in [-0.4, -0.2) is 37.5 Å². The molecule has 0 aliphatic heterocycles. The fourth-order valence-electron chi connectivity index (χ4n) is 1.64. The second kappa shape index (κ2) is 7.31. The van der Waals surface area contributed by atoms with Crippen LogP contribution in [0.25, 0.3) is 0 Å². The minimum atomic E-state index is -0.722. The van der Waals surface area contributed by atoms with Crippen molar-refractivity contribution >= 4 is 22.6 Å². The Morgan fingerprint density at radius 2 is 2.00 bits per heavy atom. The minimum absolute atomic E-state index is 0.572. The molecule has 4 heteroatoms. The first-order chi connectivity index (χ1) is 8.03. The standard InChI is InChI=1S/C13H20INO2/c1-13(16,10-15-7-8-17-2)9-11-3-5-12(14)6-4-11/h3-6,15-16H,7-10H2,1-2H3. The number of hydrogen-bond acceptors (Lipinski definition) is 3. The number of aliphatic hydroxyl groups is 1. The van der Waals surface area contributed by atoms with Crippen LogP contribution in [0.4, 0.5) is 0 Å². The van der Waals surface area contributed by atoms with Gasteiger partial charge in [-0.1, -0.05) is 12.1 Å².